The molecule has 100 valence electrons. The second kappa shape index (κ2) is 6.18. The maximum atomic E-state index is 13.0. The van der Waals surface area contributed by atoms with Crippen molar-refractivity contribution >= 4 is 12.6 Å². The van der Waals surface area contributed by atoms with Gasteiger partial charge in [-0.15, -0.1) is 0 Å². The molecular weight excluding hydrogens is 238 g/mol. The largest absolute Gasteiger partial charge is 0.494 e. The van der Waals surface area contributed by atoms with Crippen molar-refractivity contribution < 1.29 is 23.9 Å². The van der Waals surface area contributed by atoms with Gasteiger partial charge in [0.15, 0.2) is 0 Å². The molecule has 0 aliphatic rings. The minimum absolute atomic E-state index is 0.0187. The summed E-state index contributed by atoms with van der Waals surface area (Å²) >= 11 is 0. The van der Waals surface area contributed by atoms with Crippen LogP contribution < -0.4 is 10.2 Å². The Morgan fingerprint density at radius 1 is 1.33 bits per heavy atom. The summed E-state index contributed by atoms with van der Waals surface area (Å²) in [6.07, 6.45) is 0.627. The smallest absolute Gasteiger partial charge is 0.492 e. The molecule has 0 aliphatic carbocycles. The fraction of sp³-hybridized carbons (Fsp3) is 0.500. The van der Waals surface area contributed by atoms with Gasteiger partial charge in [0.1, 0.15) is 11.6 Å². The zero-order valence-electron chi connectivity index (χ0n) is 10.8. The lowest BCUT2D eigenvalue weighted by molar-refractivity contribution is 0.00552. The summed E-state index contributed by atoms with van der Waals surface area (Å²) in [5, 5.41) is 18.2. The van der Waals surface area contributed by atoms with Gasteiger partial charge in [0, 0.05) is 19.0 Å². The minimum Gasteiger partial charge on any atom is -0.494 e. The van der Waals surface area contributed by atoms with Crippen molar-refractivity contribution in [1.29, 1.82) is 0 Å². The second-order valence-corrected chi connectivity index (χ2v) is 4.62. The van der Waals surface area contributed by atoms with Gasteiger partial charge in [0.05, 0.1) is 12.2 Å². The Hall–Kier alpha value is -1.11. The van der Waals surface area contributed by atoms with E-state index in [9.17, 15) is 4.39 Å². The Balaban J connectivity index is 2.67. The quantitative estimate of drug-likeness (QED) is 0.735. The van der Waals surface area contributed by atoms with Crippen LogP contribution in [0.3, 0.4) is 0 Å². The molecule has 18 heavy (non-hydrogen) atoms. The average molecular weight is 256 g/mol. The number of benzene rings is 1. The van der Waals surface area contributed by atoms with Crippen molar-refractivity contribution in [3.8, 4) is 5.75 Å². The van der Waals surface area contributed by atoms with Gasteiger partial charge in [0.25, 0.3) is 0 Å². The summed E-state index contributed by atoms with van der Waals surface area (Å²) in [6.45, 7) is 4.18. The second-order valence-electron chi connectivity index (χ2n) is 4.62. The van der Waals surface area contributed by atoms with Gasteiger partial charge in [-0.3, -0.25) is 0 Å². The molecule has 0 amide bonds. The molecule has 4 nitrogen and oxygen atoms in total. The number of hydrogen-bond donors (Lipinski definition) is 2. The molecule has 2 N–H and O–H groups in total. The van der Waals surface area contributed by atoms with Gasteiger partial charge in [0.2, 0.25) is 0 Å². The monoisotopic (exact) mass is 256 g/mol. The van der Waals surface area contributed by atoms with Crippen LogP contribution in [0.2, 0.25) is 0 Å². The number of ether oxygens (including phenoxy) is 2. The normalized spacial score (nSPS) is 11.4. The fourth-order valence-electron chi connectivity index (χ4n) is 1.36. The van der Waals surface area contributed by atoms with Crippen LogP contribution in [0, 0.1) is 5.82 Å². The summed E-state index contributed by atoms with van der Waals surface area (Å²) in [5.74, 6) is -0.277. The number of methoxy groups -OCH3 is 1. The molecule has 0 saturated heterocycles. The molecule has 0 unspecified atom stereocenters. The highest BCUT2D eigenvalue weighted by atomic mass is 19.1. The van der Waals surface area contributed by atoms with Crippen LogP contribution in [0.15, 0.2) is 18.2 Å². The lowest BCUT2D eigenvalue weighted by Gasteiger charge is -2.23. The Kier molecular flexibility index (Phi) is 5.13. The standard InChI is InChI=1S/C12H18BFO4/c1-12(2,17-3)6-7-18-11-5-4-9(14)8-10(11)13(15)16/h4-5,8,15-16H,6-7H2,1-3H3. The van der Waals surface area contributed by atoms with Crippen LogP contribution in [0.4, 0.5) is 4.39 Å². The molecule has 0 aliphatic heterocycles. The van der Waals surface area contributed by atoms with Crippen molar-refractivity contribution in [2.24, 2.45) is 0 Å². The molecule has 0 radical (unpaired) electrons. The van der Waals surface area contributed by atoms with E-state index in [4.69, 9.17) is 19.5 Å². The first-order chi connectivity index (χ1) is 8.35. The van der Waals surface area contributed by atoms with Crippen LogP contribution in [0.5, 0.6) is 5.75 Å². The molecule has 0 bridgehead atoms. The Bertz CT molecular complexity index is 396. The van der Waals surface area contributed by atoms with Crippen molar-refractivity contribution in [1.82, 2.24) is 0 Å². The molecule has 0 saturated carbocycles. The molecule has 0 spiro atoms. The van der Waals surface area contributed by atoms with Crippen LogP contribution in [0.25, 0.3) is 0 Å². The van der Waals surface area contributed by atoms with E-state index in [0.717, 1.165) is 6.07 Å². The van der Waals surface area contributed by atoms with E-state index in [0.29, 0.717) is 13.0 Å². The molecule has 6 heteroatoms. The van der Waals surface area contributed by atoms with Crippen LogP contribution in [-0.4, -0.2) is 36.5 Å². The third-order valence-electron chi connectivity index (χ3n) is 2.76. The van der Waals surface area contributed by atoms with Gasteiger partial charge in [-0.1, -0.05) is 0 Å². The zero-order valence-corrected chi connectivity index (χ0v) is 10.8. The molecule has 0 aromatic heterocycles. The SMILES string of the molecule is COC(C)(C)CCOc1ccc(F)cc1B(O)O. The molecule has 1 aromatic rings. The van der Waals surface area contributed by atoms with Crippen LogP contribution in [0.1, 0.15) is 20.3 Å². The van der Waals surface area contributed by atoms with Gasteiger partial charge in [-0.2, -0.15) is 0 Å². The predicted octanol–water partition coefficient (Wildman–Crippen LogP) is 0.699. The number of hydrogen-bond acceptors (Lipinski definition) is 4. The number of halogens is 1. The summed E-state index contributed by atoms with van der Waals surface area (Å²) in [6, 6.07) is 3.63. The summed E-state index contributed by atoms with van der Waals surface area (Å²) < 4.78 is 23.6. The highest BCUT2D eigenvalue weighted by Gasteiger charge is 2.20. The van der Waals surface area contributed by atoms with Crippen molar-refractivity contribution in [3.05, 3.63) is 24.0 Å². The topological polar surface area (TPSA) is 58.9 Å². The third-order valence-corrected chi connectivity index (χ3v) is 2.76. The van der Waals surface area contributed by atoms with Crippen molar-refractivity contribution in [3.63, 3.8) is 0 Å². The summed E-state index contributed by atoms with van der Waals surface area (Å²) in [7, 11) is -0.146. The highest BCUT2D eigenvalue weighted by molar-refractivity contribution is 6.59. The Labute approximate surface area is 106 Å². The number of rotatable bonds is 6. The van der Waals surface area contributed by atoms with E-state index >= 15 is 0 Å². The van der Waals surface area contributed by atoms with E-state index < -0.39 is 12.9 Å². The lowest BCUT2D eigenvalue weighted by atomic mass is 9.79. The maximum Gasteiger partial charge on any atom is 0.492 e. The van der Waals surface area contributed by atoms with E-state index in [2.05, 4.69) is 0 Å². The van der Waals surface area contributed by atoms with Gasteiger partial charge < -0.3 is 19.5 Å². The first-order valence-electron chi connectivity index (χ1n) is 5.69. The van der Waals surface area contributed by atoms with Crippen LogP contribution >= 0.6 is 0 Å². The molecule has 0 fully saturated rings. The fourth-order valence-corrected chi connectivity index (χ4v) is 1.36. The van der Waals surface area contributed by atoms with Crippen LogP contribution in [-0.2, 0) is 4.74 Å². The molecule has 0 atom stereocenters. The van der Waals surface area contributed by atoms with Gasteiger partial charge >= 0.3 is 7.12 Å². The summed E-state index contributed by atoms with van der Waals surface area (Å²) in [5.41, 5.74) is -0.303. The predicted molar refractivity (Wildman–Crippen MR) is 67.4 cm³/mol. The average Bonchev–Trinajstić information content (AvgIpc) is 2.30. The first kappa shape index (κ1) is 15.0. The van der Waals surface area contributed by atoms with E-state index in [1.165, 1.54) is 12.1 Å². The maximum absolute atomic E-state index is 13.0. The van der Waals surface area contributed by atoms with Crippen molar-refractivity contribution in [2.75, 3.05) is 13.7 Å². The van der Waals surface area contributed by atoms with Gasteiger partial charge in [-0.25, -0.2) is 4.39 Å². The minimum atomic E-state index is -1.76. The highest BCUT2D eigenvalue weighted by Crippen LogP contribution is 2.15. The Morgan fingerprint density at radius 2 is 2.00 bits per heavy atom. The molecule has 1 rings (SSSR count). The Morgan fingerprint density at radius 3 is 2.56 bits per heavy atom. The van der Waals surface area contributed by atoms with Crippen molar-refractivity contribution in [2.45, 2.75) is 25.9 Å². The molecular formula is C12H18BFO4. The van der Waals surface area contributed by atoms with E-state index in [1.807, 2.05) is 13.8 Å². The zero-order chi connectivity index (χ0) is 13.8. The van der Waals surface area contributed by atoms with E-state index in [-0.39, 0.29) is 16.8 Å². The van der Waals surface area contributed by atoms with E-state index in [1.54, 1.807) is 7.11 Å². The first-order valence-corrected chi connectivity index (χ1v) is 5.69. The molecule has 0 heterocycles. The van der Waals surface area contributed by atoms with Gasteiger partial charge in [-0.05, 0) is 32.0 Å². The lowest BCUT2D eigenvalue weighted by Crippen LogP contribution is -2.32. The third kappa shape index (κ3) is 4.29. The summed E-state index contributed by atoms with van der Waals surface area (Å²) in [4.78, 5) is 0. The molecule has 1 aromatic carbocycles.